The third-order valence-electron chi connectivity index (χ3n) is 2.73. The Morgan fingerprint density at radius 3 is 2.35 bits per heavy atom. The molecule has 4 heteroatoms. The van der Waals surface area contributed by atoms with Crippen LogP contribution in [0.5, 0.6) is 0 Å². The predicted octanol–water partition coefficient (Wildman–Crippen LogP) is 2.99. The van der Waals surface area contributed by atoms with Gasteiger partial charge in [-0.15, -0.1) is 0 Å². The monoisotopic (exact) mass is 247 g/mol. The maximum absolute atomic E-state index is 12.1. The summed E-state index contributed by atoms with van der Waals surface area (Å²) in [6.45, 7) is 3.76. The average Bonchev–Trinajstić information content (AvgIpc) is 2.29. The third kappa shape index (κ3) is 2.08. The molecule has 0 bridgehead atoms. The van der Waals surface area contributed by atoms with Crippen LogP contribution in [0.4, 0.5) is 0 Å². The van der Waals surface area contributed by atoms with Crippen LogP contribution in [0.3, 0.4) is 0 Å². The first-order valence-corrected chi connectivity index (χ1v) is 5.69. The molecular formula is C13H13NO2S. The number of rotatable bonds is 1. The van der Waals surface area contributed by atoms with Gasteiger partial charge < -0.3 is 4.42 Å². The molecule has 2 rings (SSSR count). The SMILES string of the molecule is Cc1ccc(-c2c(C)oc(=S)n(C)c2=O)cc1. The summed E-state index contributed by atoms with van der Waals surface area (Å²) in [4.78, 5) is 12.3. The summed E-state index contributed by atoms with van der Waals surface area (Å²) in [6, 6.07) is 7.76. The van der Waals surface area contributed by atoms with Crippen molar-refractivity contribution in [3.63, 3.8) is 0 Å². The van der Waals surface area contributed by atoms with Crippen LogP contribution in [-0.4, -0.2) is 4.57 Å². The van der Waals surface area contributed by atoms with Gasteiger partial charge in [-0.05, 0) is 31.6 Å². The van der Waals surface area contributed by atoms with E-state index >= 15 is 0 Å². The fraction of sp³-hybridized carbons (Fsp3) is 0.231. The van der Waals surface area contributed by atoms with Gasteiger partial charge in [0.05, 0.1) is 5.56 Å². The Morgan fingerprint density at radius 1 is 1.18 bits per heavy atom. The highest BCUT2D eigenvalue weighted by Crippen LogP contribution is 2.19. The normalized spacial score (nSPS) is 10.5. The minimum Gasteiger partial charge on any atom is -0.435 e. The lowest BCUT2D eigenvalue weighted by Crippen LogP contribution is -2.20. The smallest absolute Gasteiger partial charge is 0.271 e. The van der Waals surface area contributed by atoms with Crippen LogP contribution in [0.25, 0.3) is 11.1 Å². The highest BCUT2D eigenvalue weighted by molar-refractivity contribution is 7.71. The quantitative estimate of drug-likeness (QED) is 0.727. The first-order valence-electron chi connectivity index (χ1n) is 5.28. The van der Waals surface area contributed by atoms with Gasteiger partial charge in [0.25, 0.3) is 10.4 Å². The van der Waals surface area contributed by atoms with E-state index in [0.29, 0.717) is 11.3 Å². The van der Waals surface area contributed by atoms with E-state index in [2.05, 4.69) is 0 Å². The van der Waals surface area contributed by atoms with Crippen molar-refractivity contribution in [2.75, 3.05) is 0 Å². The average molecular weight is 247 g/mol. The summed E-state index contributed by atoms with van der Waals surface area (Å²) in [5.74, 6) is 0.557. The molecule has 0 aliphatic carbocycles. The van der Waals surface area contributed by atoms with Gasteiger partial charge in [0.2, 0.25) is 0 Å². The van der Waals surface area contributed by atoms with Gasteiger partial charge in [-0.25, -0.2) is 0 Å². The summed E-state index contributed by atoms with van der Waals surface area (Å²) in [7, 11) is 1.62. The van der Waals surface area contributed by atoms with E-state index in [1.54, 1.807) is 14.0 Å². The van der Waals surface area contributed by atoms with Crippen molar-refractivity contribution in [3.05, 3.63) is 50.8 Å². The maximum atomic E-state index is 12.1. The van der Waals surface area contributed by atoms with Crippen molar-refractivity contribution < 1.29 is 4.42 Å². The molecule has 1 aromatic heterocycles. The lowest BCUT2D eigenvalue weighted by atomic mass is 10.1. The standard InChI is InChI=1S/C13H13NO2S/c1-8-4-6-10(7-5-8)11-9(2)16-13(17)14(3)12(11)15/h4-7H,1-3H3. The van der Waals surface area contributed by atoms with Crippen LogP contribution in [-0.2, 0) is 7.05 Å². The van der Waals surface area contributed by atoms with Crippen LogP contribution in [0, 0.1) is 18.7 Å². The number of benzene rings is 1. The molecule has 0 aliphatic heterocycles. The fourth-order valence-corrected chi connectivity index (χ4v) is 1.91. The van der Waals surface area contributed by atoms with Gasteiger partial charge in [0, 0.05) is 7.05 Å². The van der Waals surface area contributed by atoms with Crippen LogP contribution in [0.2, 0.25) is 0 Å². The van der Waals surface area contributed by atoms with E-state index in [4.69, 9.17) is 16.6 Å². The zero-order valence-electron chi connectivity index (χ0n) is 9.98. The second kappa shape index (κ2) is 4.30. The summed E-state index contributed by atoms with van der Waals surface area (Å²) < 4.78 is 6.73. The first-order chi connectivity index (χ1) is 8.00. The molecule has 3 nitrogen and oxygen atoms in total. The van der Waals surface area contributed by atoms with Gasteiger partial charge >= 0.3 is 0 Å². The molecule has 2 aromatic rings. The number of hydrogen-bond acceptors (Lipinski definition) is 3. The molecule has 0 atom stereocenters. The second-order valence-corrected chi connectivity index (χ2v) is 4.38. The van der Waals surface area contributed by atoms with Crippen LogP contribution in [0.15, 0.2) is 33.5 Å². The lowest BCUT2D eigenvalue weighted by Gasteiger charge is -2.07. The molecule has 0 fully saturated rings. The van der Waals surface area contributed by atoms with E-state index in [-0.39, 0.29) is 10.4 Å². The van der Waals surface area contributed by atoms with Crippen LogP contribution >= 0.6 is 12.2 Å². The van der Waals surface area contributed by atoms with Gasteiger partial charge in [-0.1, -0.05) is 29.8 Å². The number of hydrogen-bond donors (Lipinski definition) is 0. The number of aryl methyl sites for hydroxylation is 2. The topological polar surface area (TPSA) is 35.1 Å². The van der Waals surface area contributed by atoms with Crippen molar-refractivity contribution in [2.24, 2.45) is 7.05 Å². The zero-order valence-corrected chi connectivity index (χ0v) is 10.8. The molecule has 0 N–H and O–H groups in total. The Morgan fingerprint density at radius 2 is 1.76 bits per heavy atom. The molecule has 0 radical (unpaired) electrons. The highest BCUT2D eigenvalue weighted by atomic mass is 32.1. The van der Waals surface area contributed by atoms with Gasteiger partial charge in [-0.3, -0.25) is 9.36 Å². The van der Waals surface area contributed by atoms with E-state index in [9.17, 15) is 4.79 Å². The molecule has 1 aromatic carbocycles. The number of nitrogens with zero attached hydrogens (tertiary/aromatic N) is 1. The van der Waals surface area contributed by atoms with E-state index in [1.807, 2.05) is 31.2 Å². The van der Waals surface area contributed by atoms with Crippen molar-refractivity contribution >= 4 is 12.2 Å². The van der Waals surface area contributed by atoms with Crippen LogP contribution in [0.1, 0.15) is 11.3 Å². The fourth-order valence-electron chi connectivity index (χ4n) is 1.70. The molecule has 17 heavy (non-hydrogen) atoms. The van der Waals surface area contributed by atoms with Gasteiger partial charge in [0.1, 0.15) is 5.76 Å². The maximum Gasteiger partial charge on any atom is 0.271 e. The Labute approximate surface area is 104 Å². The zero-order chi connectivity index (χ0) is 12.6. The predicted molar refractivity (Wildman–Crippen MR) is 69.7 cm³/mol. The first kappa shape index (κ1) is 11.8. The Kier molecular flexibility index (Phi) is 2.98. The summed E-state index contributed by atoms with van der Waals surface area (Å²) >= 11 is 4.95. The second-order valence-electron chi connectivity index (χ2n) is 4.03. The highest BCUT2D eigenvalue weighted by Gasteiger charge is 2.11. The Balaban J connectivity index is 2.76. The summed E-state index contributed by atoms with van der Waals surface area (Å²) in [5, 5.41) is 0. The largest absolute Gasteiger partial charge is 0.435 e. The molecule has 0 spiro atoms. The third-order valence-corrected chi connectivity index (χ3v) is 3.08. The van der Waals surface area contributed by atoms with Gasteiger partial charge in [-0.2, -0.15) is 0 Å². The molecule has 0 saturated carbocycles. The van der Waals surface area contributed by atoms with Crippen molar-refractivity contribution in [3.8, 4) is 11.1 Å². The van der Waals surface area contributed by atoms with Crippen LogP contribution < -0.4 is 5.56 Å². The van der Waals surface area contributed by atoms with E-state index < -0.39 is 0 Å². The molecule has 1 heterocycles. The molecule has 0 saturated heterocycles. The molecule has 0 amide bonds. The van der Waals surface area contributed by atoms with Crippen molar-refractivity contribution in [2.45, 2.75) is 13.8 Å². The van der Waals surface area contributed by atoms with Gasteiger partial charge in [0.15, 0.2) is 0 Å². The van der Waals surface area contributed by atoms with Crippen molar-refractivity contribution in [1.82, 2.24) is 4.57 Å². The summed E-state index contributed by atoms with van der Waals surface area (Å²) in [5.41, 5.74) is 2.45. The molecular weight excluding hydrogens is 234 g/mol. The lowest BCUT2D eigenvalue weighted by molar-refractivity contribution is 0.447. The number of aromatic nitrogens is 1. The molecule has 0 unspecified atom stereocenters. The van der Waals surface area contributed by atoms with E-state index in [0.717, 1.165) is 11.1 Å². The molecule has 0 aliphatic rings. The minimum atomic E-state index is -0.123. The Hall–Kier alpha value is -1.68. The Bertz CT molecular complexity index is 665. The molecule has 88 valence electrons. The van der Waals surface area contributed by atoms with E-state index in [1.165, 1.54) is 4.57 Å². The van der Waals surface area contributed by atoms with Crippen molar-refractivity contribution in [1.29, 1.82) is 0 Å². The minimum absolute atomic E-state index is 0.123. The summed E-state index contributed by atoms with van der Waals surface area (Å²) in [6.07, 6.45) is 0.